The summed E-state index contributed by atoms with van der Waals surface area (Å²) < 4.78 is 1.79. The number of rotatable bonds is 6. The fourth-order valence-corrected chi connectivity index (χ4v) is 2.99. The Morgan fingerprint density at radius 3 is 2.75 bits per heavy atom. The molecule has 2 rings (SSSR count). The molecule has 2 aromatic rings. The van der Waals surface area contributed by atoms with Crippen molar-refractivity contribution < 1.29 is 4.79 Å². The summed E-state index contributed by atoms with van der Waals surface area (Å²) in [4.78, 5) is 24.4. The quantitative estimate of drug-likeness (QED) is 0.763. The molecule has 0 unspecified atom stereocenters. The van der Waals surface area contributed by atoms with Crippen LogP contribution in [0.2, 0.25) is 0 Å². The van der Waals surface area contributed by atoms with E-state index in [-0.39, 0.29) is 12.0 Å². The summed E-state index contributed by atoms with van der Waals surface area (Å²) in [7, 11) is 0. The van der Waals surface area contributed by atoms with Gasteiger partial charge in [-0.25, -0.2) is 0 Å². The van der Waals surface area contributed by atoms with Crippen molar-refractivity contribution in [1.82, 2.24) is 4.57 Å². The van der Waals surface area contributed by atoms with Crippen LogP contribution in [-0.2, 0) is 17.8 Å². The van der Waals surface area contributed by atoms with Crippen LogP contribution in [0.15, 0.2) is 34.4 Å². The fourth-order valence-electron chi connectivity index (χ4n) is 2.13. The molecule has 0 aliphatic carbocycles. The molecule has 2 aromatic heterocycles. The maximum atomic E-state index is 12.5. The van der Waals surface area contributed by atoms with Gasteiger partial charge >= 0.3 is 0 Å². The summed E-state index contributed by atoms with van der Waals surface area (Å²) >= 11 is 6.96. The van der Waals surface area contributed by atoms with Gasteiger partial charge in [-0.15, -0.1) is 11.3 Å². The van der Waals surface area contributed by atoms with E-state index in [0.717, 1.165) is 17.0 Å². The SMILES string of the molecule is CCCn1c(-c2cccs2)ccc(CCC(=O)Cl)c1=O. The van der Waals surface area contributed by atoms with Crippen molar-refractivity contribution in [3.05, 3.63) is 45.6 Å². The van der Waals surface area contributed by atoms with Gasteiger partial charge in [-0.05, 0) is 42.0 Å². The Hall–Kier alpha value is -1.39. The Labute approximate surface area is 126 Å². The van der Waals surface area contributed by atoms with Gasteiger partial charge in [-0.3, -0.25) is 9.59 Å². The number of carbonyl (C=O) groups excluding carboxylic acids is 1. The van der Waals surface area contributed by atoms with E-state index in [0.29, 0.717) is 18.5 Å². The minimum Gasteiger partial charge on any atom is -0.307 e. The zero-order chi connectivity index (χ0) is 14.5. The minimum absolute atomic E-state index is 0.0179. The maximum absolute atomic E-state index is 12.5. The highest BCUT2D eigenvalue weighted by molar-refractivity contribution is 7.13. The molecule has 0 bridgehead atoms. The van der Waals surface area contributed by atoms with Crippen molar-refractivity contribution in [2.45, 2.75) is 32.7 Å². The fraction of sp³-hybridized carbons (Fsp3) is 0.333. The predicted octanol–water partition coefficient (Wildman–Crippen LogP) is 3.68. The molecule has 0 spiro atoms. The van der Waals surface area contributed by atoms with Gasteiger partial charge in [0, 0.05) is 18.5 Å². The third kappa shape index (κ3) is 3.38. The monoisotopic (exact) mass is 309 g/mol. The van der Waals surface area contributed by atoms with Crippen molar-refractivity contribution in [2.75, 3.05) is 0 Å². The van der Waals surface area contributed by atoms with Gasteiger partial charge < -0.3 is 4.57 Å². The molecule has 0 saturated heterocycles. The van der Waals surface area contributed by atoms with E-state index in [9.17, 15) is 9.59 Å². The van der Waals surface area contributed by atoms with Crippen molar-refractivity contribution in [3.8, 4) is 10.6 Å². The van der Waals surface area contributed by atoms with Gasteiger partial charge in [-0.1, -0.05) is 19.1 Å². The molecule has 106 valence electrons. The molecule has 0 aromatic carbocycles. The predicted molar refractivity (Wildman–Crippen MR) is 83.5 cm³/mol. The molecular formula is C15H16ClNO2S. The molecule has 0 amide bonds. The molecule has 2 heterocycles. The maximum Gasteiger partial charge on any atom is 0.254 e. The molecule has 20 heavy (non-hydrogen) atoms. The van der Waals surface area contributed by atoms with E-state index in [4.69, 9.17) is 11.6 Å². The van der Waals surface area contributed by atoms with E-state index >= 15 is 0 Å². The van der Waals surface area contributed by atoms with Crippen molar-refractivity contribution >= 4 is 28.2 Å². The first-order valence-corrected chi connectivity index (χ1v) is 7.84. The Morgan fingerprint density at radius 1 is 1.35 bits per heavy atom. The average Bonchev–Trinajstić information content (AvgIpc) is 2.93. The Kier molecular flexibility index (Phi) is 5.15. The number of hydrogen-bond donors (Lipinski definition) is 0. The number of aryl methyl sites for hydroxylation is 1. The summed E-state index contributed by atoms with van der Waals surface area (Å²) in [5.74, 6) is 0. The molecule has 0 aliphatic heterocycles. The highest BCUT2D eigenvalue weighted by atomic mass is 35.5. The highest BCUT2D eigenvalue weighted by Gasteiger charge is 2.11. The zero-order valence-electron chi connectivity index (χ0n) is 11.3. The van der Waals surface area contributed by atoms with Crippen LogP contribution < -0.4 is 5.56 Å². The minimum atomic E-state index is -0.409. The molecule has 0 saturated carbocycles. The van der Waals surface area contributed by atoms with Crippen LogP contribution in [0.1, 0.15) is 25.3 Å². The average molecular weight is 310 g/mol. The first-order chi connectivity index (χ1) is 9.63. The van der Waals surface area contributed by atoms with Gasteiger partial charge in [0.1, 0.15) is 0 Å². The van der Waals surface area contributed by atoms with Crippen molar-refractivity contribution in [2.24, 2.45) is 0 Å². The van der Waals surface area contributed by atoms with Crippen LogP contribution in [-0.4, -0.2) is 9.81 Å². The first-order valence-electron chi connectivity index (χ1n) is 6.58. The molecule has 0 fully saturated rings. The van der Waals surface area contributed by atoms with Gasteiger partial charge in [0.05, 0.1) is 10.6 Å². The van der Waals surface area contributed by atoms with Gasteiger partial charge in [0.15, 0.2) is 0 Å². The van der Waals surface area contributed by atoms with Gasteiger partial charge in [0.25, 0.3) is 5.56 Å². The van der Waals surface area contributed by atoms with E-state index in [2.05, 4.69) is 0 Å². The lowest BCUT2D eigenvalue weighted by atomic mass is 10.1. The van der Waals surface area contributed by atoms with Crippen LogP contribution >= 0.6 is 22.9 Å². The highest BCUT2D eigenvalue weighted by Crippen LogP contribution is 2.24. The lowest BCUT2D eigenvalue weighted by molar-refractivity contribution is -0.111. The largest absolute Gasteiger partial charge is 0.307 e. The zero-order valence-corrected chi connectivity index (χ0v) is 12.8. The molecule has 0 radical (unpaired) electrons. The van der Waals surface area contributed by atoms with Crippen LogP contribution in [0, 0.1) is 0 Å². The van der Waals surface area contributed by atoms with Crippen molar-refractivity contribution in [1.29, 1.82) is 0 Å². The Balaban J connectivity index is 2.43. The van der Waals surface area contributed by atoms with Crippen LogP contribution in [0.3, 0.4) is 0 Å². The molecule has 3 nitrogen and oxygen atoms in total. The number of nitrogens with zero attached hydrogens (tertiary/aromatic N) is 1. The van der Waals surface area contributed by atoms with Crippen LogP contribution in [0.5, 0.6) is 0 Å². The smallest absolute Gasteiger partial charge is 0.254 e. The summed E-state index contributed by atoms with van der Waals surface area (Å²) in [6.45, 7) is 2.72. The third-order valence-electron chi connectivity index (χ3n) is 3.06. The van der Waals surface area contributed by atoms with E-state index in [1.54, 1.807) is 15.9 Å². The second-order valence-corrected chi connectivity index (χ2v) is 5.90. The standard InChI is InChI=1S/C15H16ClNO2S/c1-2-9-17-12(13-4-3-10-20-13)7-5-11(15(17)19)6-8-14(16)18/h3-5,7,10H,2,6,8-9H2,1H3. The second-order valence-electron chi connectivity index (χ2n) is 4.53. The number of thiophene rings is 1. The first kappa shape index (κ1) is 15.0. The Bertz CT molecular complexity index is 646. The summed E-state index contributed by atoms with van der Waals surface area (Å²) in [5, 5.41) is 1.59. The summed E-state index contributed by atoms with van der Waals surface area (Å²) in [6.07, 6.45) is 1.48. The van der Waals surface area contributed by atoms with Crippen LogP contribution in [0.4, 0.5) is 0 Å². The van der Waals surface area contributed by atoms with E-state index < -0.39 is 5.24 Å². The molecular weight excluding hydrogens is 294 g/mol. The number of aromatic nitrogens is 1. The molecule has 0 atom stereocenters. The van der Waals surface area contributed by atoms with Gasteiger partial charge in [0.2, 0.25) is 5.24 Å². The second kappa shape index (κ2) is 6.86. The van der Waals surface area contributed by atoms with E-state index in [1.807, 2.05) is 36.6 Å². The number of hydrogen-bond acceptors (Lipinski definition) is 3. The Morgan fingerprint density at radius 2 is 2.15 bits per heavy atom. The van der Waals surface area contributed by atoms with Gasteiger partial charge in [-0.2, -0.15) is 0 Å². The van der Waals surface area contributed by atoms with E-state index in [1.165, 1.54) is 0 Å². The lowest BCUT2D eigenvalue weighted by Gasteiger charge is -2.12. The van der Waals surface area contributed by atoms with Crippen LogP contribution in [0.25, 0.3) is 10.6 Å². The number of carbonyl (C=O) groups is 1. The molecule has 5 heteroatoms. The summed E-state index contributed by atoms with van der Waals surface area (Å²) in [6, 6.07) is 7.74. The summed E-state index contributed by atoms with van der Waals surface area (Å²) in [5.41, 5.74) is 1.57. The third-order valence-corrected chi connectivity index (χ3v) is 4.15. The molecule has 0 aliphatic rings. The number of halogens is 1. The molecule has 0 N–H and O–H groups in total. The van der Waals surface area contributed by atoms with Crippen molar-refractivity contribution in [3.63, 3.8) is 0 Å². The number of pyridine rings is 1. The normalized spacial score (nSPS) is 10.7. The lowest BCUT2D eigenvalue weighted by Crippen LogP contribution is -2.25. The topological polar surface area (TPSA) is 39.1 Å².